The van der Waals surface area contributed by atoms with Crippen LogP contribution in [0, 0.1) is 11.8 Å². The number of pyridine rings is 1. The zero-order chi connectivity index (χ0) is 21.9. The quantitative estimate of drug-likeness (QED) is 0.237. The molecule has 176 valence electrons. The molecule has 1 aromatic rings. The summed E-state index contributed by atoms with van der Waals surface area (Å²) in [5, 5.41) is 6.74. The van der Waals surface area contributed by atoms with E-state index in [0.717, 1.165) is 56.3 Å². The van der Waals surface area contributed by atoms with E-state index in [2.05, 4.69) is 45.4 Å². The number of nitrogens with one attached hydrogen (secondary N) is 2. The molecule has 9 heteroatoms. The largest absolute Gasteiger partial charge is 0.378 e. The van der Waals surface area contributed by atoms with E-state index in [1.54, 1.807) is 13.2 Å². The first-order valence-corrected chi connectivity index (χ1v) is 11.0. The molecule has 0 bridgehead atoms. The van der Waals surface area contributed by atoms with Crippen molar-refractivity contribution in [2.24, 2.45) is 22.6 Å². The molecule has 1 aliphatic heterocycles. The molecule has 2 heterocycles. The van der Waals surface area contributed by atoms with Crippen LogP contribution in [0.5, 0.6) is 0 Å². The fourth-order valence-electron chi connectivity index (χ4n) is 3.81. The number of carbonyl (C=O) groups excluding carboxylic acids is 1. The molecule has 0 spiro atoms. The van der Waals surface area contributed by atoms with Crippen LogP contribution in [0.15, 0.2) is 23.3 Å². The van der Waals surface area contributed by atoms with Gasteiger partial charge < -0.3 is 26.0 Å². The topological polar surface area (TPSA) is 105 Å². The van der Waals surface area contributed by atoms with Crippen molar-refractivity contribution in [3.63, 3.8) is 0 Å². The van der Waals surface area contributed by atoms with Gasteiger partial charge in [0.25, 0.3) is 0 Å². The maximum atomic E-state index is 11.6. The summed E-state index contributed by atoms with van der Waals surface area (Å²) < 4.78 is 5.81. The van der Waals surface area contributed by atoms with Gasteiger partial charge >= 0.3 is 0 Å². The third-order valence-electron chi connectivity index (χ3n) is 5.51. The van der Waals surface area contributed by atoms with Crippen LogP contribution in [0.25, 0.3) is 0 Å². The van der Waals surface area contributed by atoms with E-state index in [9.17, 15) is 4.79 Å². The maximum absolute atomic E-state index is 11.6. The Morgan fingerprint density at radius 1 is 1.42 bits per heavy atom. The fourth-order valence-corrected chi connectivity index (χ4v) is 3.81. The van der Waals surface area contributed by atoms with Crippen molar-refractivity contribution in [3.8, 4) is 0 Å². The number of carbonyl (C=O) groups is 1. The summed E-state index contributed by atoms with van der Waals surface area (Å²) in [6, 6.07) is 3.99. The fraction of sp³-hybridized carbons (Fsp3) is 0.682. The minimum Gasteiger partial charge on any atom is -0.378 e. The summed E-state index contributed by atoms with van der Waals surface area (Å²) in [6.07, 6.45) is 4.74. The van der Waals surface area contributed by atoms with Crippen LogP contribution >= 0.6 is 24.0 Å². The first-order chi connectivity index (χ1) is 14.5. The monoisotopic (exact) mass is 546 g/mol. The lowest BCUT2D eigenvalue weighted by Crippen LogP contribution is -2.42. The molecule has 1 amide bonds. The molecule has 0 aliphatic carbocycles. The Morgan fingerprint density at radius 3 is 2.84 bits per heavy atom. The van der Waals surface area contributed by atoms with Crippen LogP contribution in [-0.2, 0) is 16.1 Å². The molecule has 0 saturated carbocycles. The van der Waals surface area contributed by atoms with Gasteiger partial charge in [0.1, 0.15) is 5.82 Å². The first kappa shape index (κ1) is 27.4. The van der Waals surface area contributed by atoms with Crippen LogP contribution in [0.2, 0.25) is 0 Å². The molecular formula is C22H39IN6O2. The molecule has 0 radical (unpaired) electrons. The van der Waals surface area contributed by atoms with E-state index >= 15 is 0 Å². The lowest BCUT2D eigenvalue weighted by atomic mass is 9.97. The lowest BCUT2D eigenvalue weighted by molar-refractivity contribution is -0.122. The van der Waals surface area contributed by atoms with E-state index in [1.165, 1.54) is 0 Å². The van der Waals surface area contributed by atoms with Gasteiger partial charge in [0.05, 0.1) is 12.0 Å². The number of amides is 1. The van der Waals surface area contributed by atoms with Gasteiger partial charge in [-0.15, -0.1) is 24.0 Å². The summed E-state index contributed by atoms with van der Waals surface area (Å²) in [5.41, 5.74) is 6.61. The second kappa shape index (κ2) is 14.4. The normalized spacial score (nSPS) is 17.8. The highest BCUT2D eigenvalue weighted by Crippen LogP contribution is 2.24. The first-order valence-electron chi connectivity index (χ1n) is 11.0. The number of anilines is 1. The Balaban J connectivity index is 0.00000480. The number of aliphatic imine (C=N–C) groups is 1. The predicted octanol–water partition coefficient (Wildman–Crippen LogP) is 2.52. The molecule has 1 fully saturated rings. The second-order valence-corrected chi connectivity index (χ2v) is 8.05. The van der Waals surface area contributed by atoms with Crippen molar-refractivity contribution in [1.29, 1.82) is 0 Å². The van der Waals surface area contributed by atoms with Crippen LogP contribution in [0.1, 0.15) is 45.6 Å². The van der Waals surface area contributed by atoms with Crippen LogP contribution in [-0.4, -0.2) is 56.2 Å². The number of guanidine groups is 1. The minimum atomic E-state index is -0.230. The van der Waals surface area contributed by atoms with Gasteiger partial charge in [-0.05, 0) is 38.2 Å². The number of ether oxygens (including phenoxy) is 1. The number of nitrogens with zero attached hydrogens (tertiary/aromatic N) is 3. The van der Waals surface area contributed by atoms with Gasteiger partial charge in [0, 0.05) is 51.6 Å². The Morgan fingerprint density at radius 2 is 2.19 bits per heavy atom. The molecular weight excluding hydrogens is 507 g/mol. The molecule has 1 aromatic heterocycles. The molecule has 2 atom stereocenters. The predicted molar refractivity (Wildman–Crippen MR) is 137 cm³/mol. The molecule has 2 rings (SSSR count). The summed E-state index contributed by atoms with van der Waals surface area (Å²) in [5.74, 6) is 1.79. The van der Waals surface area contributed by atoms with Crippen LogP contribution in [0.4, 0.5) is 5.82 Å². The number of halogens is 1. The number of hydrogen-bond acceptors (Lipinski definition) is 5. The molecule has 1 saturated heterocycles. The highest BCUT2D eigenvalue weighted by atomic mass is 127. The average Bonchev–Trinajstić information content (AvgIpc) is 2.75. The third-order valence-corrected chi connectivity index (χ3v) is 5.51. The molecule has 31 heavy (non-hydrogen) atoms. The summed E-state index contributed by atoms with van der Waals surface area (Å²) in [6.45, 7) is 10.0. The van der Waals surface area contributed by atoms with Gasteiger partial charge in [-0.25, -0.2) is 4.98 Å². The van der Waals surface area contributed by atoms with Gasteiger partial charge in [0.15, 0.2) is 5.96 Å². The van der Waals surface area contributed by atoms with E-state index in [0.29, 0.717) is 19.0 Å². The zero-order valence-electron chi connectivity index (χ0n) is 19.3. The molecule has 8 nitrogen and oxygen atoms in total. The SMILES string of the molecule is CCOC(CCNC(=NC)NCc1cccnc1N1CCCC(C(N)=O)C1)C(C)C.I. The smallest absolute Gasteiger partial charge is 0.222 e. The summed E-state index contributed by atoms with van der Waals surface area (Å²) >= 11 is 0. The van der Waals surface area contributed by atoms with Gasteiger partial charge in [-0.2, -0.15) is 0 Å². The Hall–Kier alpha value is -1.62. The minimum absolute atomic E-state index is 0. The van der Waals surface area contributed by atoms with E-state index in [4.69, 9.17) is 10.5 Å². The van der Waals surface area contributed by atoms with Gasteiger partial charge in [-0.3, -0.25) is 9.79 Å². The van der Waals surface area contributed by atoms with Crippen LogP contribution < -0.4 is 21.3 Å². The van der Waals surface area contributed by atoms with Crippen molar-refractivity contribution in [2.75, 3.05) is 38.2 Å². The van der Waals surface area contributed by atoms with E-state index in [1.807, 2.05) is 13.0 Å². The van der Waals surface area contributed by atoms with Crippen LogP contribution in [0.3, 0.4) is 0 Å². The van der Waals surface area contributed by atoms with Crippen molar-refractivity contribution in [3.05, 3.63) is 23.9 Å². The standard InChI is InChI=1S/C22H38N6O2.HI/c1-5-30-19(16(2)3)10-12-26-22(24-4)27-14-17-8-6-11-25-21(17)28-13-7-9-18(15-28)20(23)29;/h6,8,11,16,18-19H,5,7,9-10,12-15H2,1-4H3,(H2,23,29)(H2,24,26,27);1H. The number of aromatic nitrogens is 1. The maximum Gasteiger partial charge on any atom is 0.222 e. The number of primary amides is 1. The number of rotatable bonds is 10. The third kappa shape index (κ3) is 8.80. The number of piperidine rings is 1. The Labute approximate surface area is 203 Å². The average molecular weight is 546 g/mol. The summed E-state index contributed by atoms with van der Waals surface area (Å²) in [7, 11) is 1.77. The van der Waals surface area contributed by atoms with Gasteiger partial charge in [0.2, 0.25) is 5.91 Å². The van der Waals surface area contributed by atoms with Crippen molar-refractivity contribution >= 4 is 41.7 Å². The number of nitrogens with two attached hydrogens (primary N) is 1. The van der Waals surface area contributed by atoms with E-state index in [-0.39, 0.29) is 41.9 Å². The highest BCUT2D eigenvalue weighted by Gasteiger charge is 2.26. The van der Waals surface area contributed by atoms with Crippen molar-refractivity contribution < 1.29 is 9.53 Å². The van der Waals surface area contributed by atoms with Crippen molar-refractivity contribution in [2.45, 2.75) is 52.7 Å². The van der Waals surface area contributed by atoms with Crippen molar-refractivity contribution in [1.82, 2.24) is 15.6 Å². The molecule has 0 aromatic carbocycles. The molecule has 4 N–H and O–H groups in total. The Bertz CT molecular complexity index is 700. The zero-order valence-corrected chi connectivity index (χ0v) is 21.6. The van der Waals surface area contributed by atoms with E-state index < -0.39 is 0 Å². The highest BCUT2D eigenvalue weighted by molar-refractivity contribution is 14.0. The van der Waals surface area contributed by atoms with Gasteiger partial charge in [-0.1, -0.05) is 19.9 Å². The Kier molecular flexibility index (Phi) is 12.8. The molecule has 1 aliphatic rings. The lowest BCUT2D eigenvalue weighted by Gasteiger charge is -2.33. The molecule has 2 unspecified atom stereocenters. The number of hydrogen-bond donors (Lipinski definition) is 3. The second-order valence-electron chi connectivity index (χ2n) is 8.05. The summed E-state index contributed by atoms with van der Waals surface area (Å²) in [4.78, 5) is 22.7.